The Bertz CT molecular complexity index is 319. The van der Waals surface area contributed by atoms with Crippen LogP contribution in [0.15, 0.2) is 35.5 Å². The van der Waals surface area contributed by atoms with E-state index in [4.69, 9.17) is 5.21 Å². The van der Waals surface area contributed by atoms with Gasteiger partial charge in [-0.15, -0.1) is 0 Å². The van der Waals surface area contributed by atoms with Crippen molar-refractivity contribution in [2.24, 2.45) is 5.16 Å². The Kier molecular flexibility index (Phi) is 7.12. The molecule has 0 atom stereocenters. The number of oxime groups is 1. The summed E-state index contributed by atoms with van der Waals surface area (Å²) in [4.78, 5) is 0. The number of rotatable bonds is 8. The molecule has 2 heteroatoms. The molecule has 0 radical (unpaired) electrons. The summed E-state index contributed by atoms with van der Waals surface area (Å²) in [7, 11) is 0. The van der Waals surface area contributed by atoms with Crippen LogP contribution in [0.1, 0.15) is 57.4 Å². The average molecular weight is 233 g/mol. The Morgan fingerprint density at radius 1 is 1.00 bits per heavy atom. The van der Waals surface area contributed by atoms with Gasteiger partial charge in [0.1, 0.15) is 0 Å². The summed E-state index contributed by atoms with van der Waals surface area (Å²) in [6.45, 7) is 2.23. The molecule has 0 heterocycles. The van der Waals surface area contributed by atoms with Gasteiger partial charge >= 0.3 is 0 Å². The van der Waals surface area contributed by atoms with Gasteiger partial charge in [-0.2, -0.15) is 0 Å². The molecule has 0 aliphatic rings. The molecule has 17 heavy (non-hydrogen) atoms. The molecule has 1 rings (SSSR count). The van der Waals surface area contributed by atoms with Gasteiger partial charge in [0.15, 0.2) is 0 Å². The summed E-state index contributed by atoms with van der Waals surface area (Å²) < 4.78 is 0. The minimum Gasteiger partial charge on any atom is -0.411 e. The maximum Gasteiger partial charge on any atom is 0.0867 e. The van der Waals surface area contributed by atoms with Gasteiger partial charge in [0.25, 0.3) is 0 Å². The molecule has 0 fully saturated rings. The Morgan fingerprint density at radius 3 is 2.29 bits per heavy atom. The molecular weight excluding hydrogens is 210 g/mol. The third-order valence-electron chi connectivity index (χ3n) is 2.99. The highest BCUT2D eigenvalue weighted by atomic mass is 16.4. The van der Waals surface area contributed by atoms with Crippen LogP contribution in [0, 0.1) is 0 Å². The summed E-state index contributed by atoms with van der Waals surface area (Å²) in [6.07, 6.45) is 8.44. The number of hydrogen-bond donors (Lipinski definition) is 1. The SMILES string of the molecule is CCCCCCCCC(=NO)c1ccccc1. The standard InChI is InChI=1S/C15H23NO/c1-2-3-4-5-6-10-13-15(16-17)14-11-8-7-9-12-14/h7-9,11-12,17H,2-6,10,13H2,1H3. The Hall–Kier alpha value is -1.31. The molecule has 0 saturated heterocycles. The zero-order chi connectivity index (χ0) is 12.3. The molecule has 1 N–H and O–H groups in total. The van der Waals surface area contributed by atoms with Crippen molar-refractivity contribution in [3.63, 3.8) is 0 Å². The molecule has 0 amide bonds. The van der Waals surface area contributed by atoms with Gasteiger partial charge in [-0.05, 0) is 18.4 Å². The van der Waals surface area contributed by atoms with Crippen LogP contribution in [0.4, 0.5) is 0 Å². The second-order valence-electron chi connectivity index (χ2n) is 4.43. The van der Waals surface area contributed by atoms with Crippen LogP contribution in [-0.4, -0.2) is 10.9 Å². The van der Waals surface area contributed by atoms with Crippen molar-refractivity contribution in [3.8, 4) is 0 Å². The molecule has 2 nitrogen and oxygen atoms in total. The first-order valence-corrected chi connectivity index (χ1v) is 6.64. The van der Waals surface area contributed by atoms with Crippen molar-refractivity contribution in [1.29, 1.82) is 0 Å². The van der Waals surface area contributed by atoms with Crippen LogP contribution in [0.25, 0.3) is 0 Å². The minimum absolute atomic E-state index is 0.807. The second kappa shape index (κ2) is 8.80. The first-order chi connectivity index (χ1) is 8.38. The highest BCUT2D eigenvalue weighted by molar-refractivity contribution is 6.00. The minimum atomic E-state index is 0.807. The molecule has 0 saturated carbocycles. The van der Waals surface area contributed by atoms with Crippen LogP contribution < -0.4 is 0 Å². The molecule has 94 valence electrons. The van der Waals surface area contributed by atoms with Crippen molar-refractivity contribution >= 4 is 5.71 Å². The van der Waals surface area contributed by atoms with E-state index >= 15 is 0 Å². The van der Waals surface area contributed by atoms with Gasteiger partial charge in [-0.1, -0.05) is 74.5 Å². The molecule has 0 bridgehead atoms. The van der Waals surface area contributed by atoms with E-state index in [2.05, 4.69) is 12.1 Å². The van der Waals surface area contributed by atoms with E-state index in [0.29, 0.717) is 0 Å². The molecule has 1 aromatic rings. The molecule has 0 spiro atoms. The highest BCUT2D eigenvalue weighted by Gasteiger charge is 2.03. The first kappa shape index (κ1) is 13.8. The van der Waals surface area contributed by atoms with Gasteiger partial charge in [0, 0.05) is 0 Å². The van der Waals surface area contributed by atoms with E-state index in [1.807, 2.05) is 30.3 Å². The van der Waals surface area contributed by atoms with E-state index in [0.717, 1.165) is 24.1 Å². The summed E-state index contributed by atoms with van der Waals surface area (Å²) in [5.41, 5.74) is 1.84. The zero-order valence-corrected chi connectivity index (χ0v) is 10.7. The summed E-state index contributed by atoms with van der Waals surface area (Å²) >= 11 is 0. The molecule has 0 aliphatic heterocycles. The number of benzene rings is 1. The van der Waals surface area contributed by atoms with Crippen molar-refractivity contribution in [3.05, 3.63) is 35.9 Å². The quantitative estimate of drug-likeness (QED) is 0.302. The lowest BCUT2D eigenvalue weighted by Gasteiger charge is -2.04. The summed E-state index contributed by atoms with van der Waals surface area (Å²) in [5, 5.41) is 12.4. The third-order valence-corrected chi connectivity index (χ3v) is 2.99. The van der Waals surface area contributed by atoms with Crippen LogP contribution in [-0.2, 0) is 0 Å². The van der Waals surface area contributed by atoms with Crippen LogP contribution in [0.3, 0.4) is 0 Å². The summed E-state index contributed by atoms with van der Waals surface area (Å²) in [5.74, 6) is 0. The molecule has 0 unspecified atom stereocenters. The Balaban J connectivity index is 2.25. The molecule has 0 aromatic heterocycles. The van der Waals surface area contributed by atoms with Gasteiger partial charge in [0.2, 0.25) is 0 Å². The number of hydrogen-bond acceptors (Lipinski definition) is 2. The van der Waals surface area contributed by atoms with Crippen LogP contribution >= 0.6 is 0 Å². The highest BCUT2D eigenvalue weighted by Crippen LogP contribution is 2.11. The fourth-order valence-electron chi connectivity index (χ4n) is 1.96. The normalized spacial score (nSPS) is 11.7. The number of nitrogens with zero attached hydrogens (tertiary/aromatic N) is 1. The lowest BCUT2D eigenvalue weighted by atomic mass is 10.0. The second-order valence-corrected chi connectivity index (χ2v) is 4.43. The van der Waals surface area contributed by atoms with Gasteiger partial charge in [0.05, 0.1) is 5.71 Å². The third kappa shape index (κ3) is 5.53. The topological polar surface area (TPSA) is 32.6 Å². The lowest BCUT2D eigenvalue weighted by molar-refractivity contribution is 0.317. The van der Waals surface area contributed by atoms with Crippen molar-refractivity contribution in [1.82, 2.24) is 0 Å². The predicted molar refractivity (Wildman–Crippen MR) is 72.8 cm³/mol. The zero-order valence-electron chi connectivity index (χ0n) is 10.7. The van der Waals surface area contributed by atoms with E-state index in [1.54, 1.807) is 0 Å². The monoisotopic (exact) mass is 233 g/mol. The Morgan fingerprint density at radius 2 is 1.65 bits per heavy atom. The van der Waals surface area contributed by atoms with Crippen molar-refractivity contribution in [2.45, 2.75) is 51.9 Å². The maximum absolute atomic E-state index is 9.01. The molecular formula is C15H23NO. The maximum atomic E-state index is 9.01. The van der Waals surface area contributed by atoms with Gasteiger partial charge in [-0.3, -0.25) is 0 Å². The fraction of sp³-hybridized carbons (Fsp3) is 0.533. The van der Waals surface area contributed by atoms with Gasteiger partial charge < -0.3 is 5.21 Å². The lowest BCUT2D eigenvalue weighted by Crippen LogP contribution is -2.00. The smallest absolute Gasteiger partial charge is 0.0867 e. The Labute approximate surface area is 104 Å². The first-order valence-electron chi connectivity index (χ1n) is 6.64. The fourth-order valence-corrected chi connectivity index (χ4v) is 1.96. The summed E-state index contributed by atoms with van der Waals surface area (Å²) in [6, 6.07) is 9.91. The van der Waals surface area contributed by atoms with Gasteiger partial charge in [-0.25, -0.2) is 0 Å². The predicted octanol–water partition coefficient (Wildman–Crippen LogP) is 4.62. The van der Waals surface area contributed by atoms with Crippen LogP contribution in [0.2, 0.25) is 0 Å². The molecule has 1 aromatic carbocycles. The number of unbranched alkanes of at least 4 members (excludes halogenated alkanes) is 5. The van der Waals surface area contributed by atoms with Crippen LogP contribution in [0.5, 0.6) is 0 Å². The van der Waals surface area contributed by atoms with E-state index < -0.39 is 0 Å². The van der Waals surface area contributed by atoms with Crippen molar-refractivity contribution in [2.75, 3.05) is 0 Å². The van der Waals surface area contributed by atoms with E-state index in [9.17, 15) is 0 Å². The van der Waals surface area contributed by atoms with Crippen molar-refractivity contribution < 1.29 is 5.21 Å². The van der Waals surface area contributed by atoms with E-state index in [1.165, 1.54) is 32.1 Å². The van der Waals surface area contributed by atoms with E-state index in [-0.39, 0.29) is 0 Å². The largest absolute Gasteiger partial charge is 0.411 e. The average Bonchev–Trinajstić information content (AvgIpc) is 2.39. The molecule has 0 aliphatic carbocycles.